The number of Topliss-reactive ketones (excluding diaryl/α,β-unsaturated/α-hetero) is 1. The summed E-state index contributed by atoms with van der Waals surface area (Å²) in [6.07, 6.45) is 3.30. The van der Waals surface area contributed by atoms with Crippen LogP contribution in [0.3, 0.4) is 0 Å². The Bertz CT molecular complexity index is 459. The second-order valence-corrected chi connectivity index (χ2v) is 6.76. The topological polar surface area (TPSA) is 112 Å². The fourth-order valence-electron chi connectivity index (χ4n) is 0.944. The Morgan fingerprint density at radius 3 is 1.82 bits per heavy atom. The van der Waals surface area contributed by atoms with E-state index in [1.807, 2.05) is 34.6 Å². The van der Waals surface area contributed by atoms with Crippen LogP contribution in [0.1, 0.15) is 37.9 Å². The molecule has 1 rings (SSSR count). The van der Waals surface area contributed by atoms with E-state index in [-0.39, 0.29) is 23.6 Å². The molecule has 0 aliphatic carbocycles. The van der Waals surface area contributed by atoms with Crippen LogP contribution in [0.4, 0.5) is 0 Å². The number of nitrogens with two attached hydrogens (primary N) is 2. The average molecular weight is 330 g/mol. The first-order chi connectivity index (χ1) is 9.97. The minimum Gasteiger partial charge on any atom is -0.327 e. The van der Waals surface area contributed by atoms with E-state index in [9.17, 15) is 9.00 Å². The van der Waals surface area contributed by atoms with E-state index in [1.54, 1.807) is 6.20 Å². The number of hydrogen-bond acceptors (Lipinski definition) is 6. The Kier molecular flexibility index (Phi) is 13.0. The molecule has 0 saturated carbocycles. The molecule has 6 nitrogen and oxygen atoms in total. The quantitative estimate of drug-likeness (QED) is 0.856. The zero-order chi connectivity index (χ0) is 17.9. The van der Waals surface area contributed by atoms with E-state index in [2.05, 4.69) is 9.97 Å². The summed E-state index contributed by atoms with van der Waals surface area (Å²) in [5.74, 6) is 0.181. The van der Waals surface area contributed by atoms with Gasteiger partial charge >= 0.3 is 0 Å². The molecule has 0 saturated heterocycles. The van der Waals surface area contributed by atoms with Crippen LogP contribution in [0.2, 0.25) is 0 Å². The van der Waals surface area contributed by atoms with Crippen molar-refractivity contribution in [1.29, 1.82) is 0 Å². The van der Waals surface area contributed by atoms with Crippen molar-refractivity contribution < 1.29 is 9.00 Å². The molecule has 3 atom stereocenters. The fourth-order valence-corrected chi connectivity index (χ4v) is 1.52. The van der Waals surface area contributed by atoms with Gasteiger partial charge in [0.05, 0.1) is 22.8 Å². The molecule has 1 aromatic rings. The van der Waals surface area contributed by atoms with E-state index in [0.717, 1.165) is 17.1 Å². The van der Waals surface area contributed by atoms with E-state index in [4.69, 9.17) is 11.5 Å². The number of nitrogens with zero attached hydrogens (tertiary/aromatic N) is 2. The molecule has 128 valence electrons. The Labute approximate surface area is 136 Å². The minimum atomic E-state index is -0.945. The third-order valence-corrected chi connectivity index (χ3v) is 3.36. The van der Waals surface area contributed by atoms with Gasteiger partial charge in [-0.15, -0.1) is 0 Å². The van der Waals surface area contributed by atoms with Gasteiger partial charge in [0, 0.05) is 35.3 Å². The Morgan fingerprint density at radius 2 is 1.64 bits per heavy atom. The second kappa shape index (κ2) is 12.4. The zero-order valence-electron chi connectivity index (χ0n) is 14.7. The summed E-state index contributed by atoms with van der Waals surface area (Å²) in [5, 5.41) is 0. The van der Waals surface area contributed by atoms with Crippen molar-refractivity contribution in [3.05, 3.63) is 23.3 Å². The lowest BCUT2D eigenvalue weighted by Gasteiger charge is -2.06. The first-order valence-corrected chi connectivity index (χ1v) is 8.77. The smallest absolute Gasteiger partial charge is 0.142 e. The van der Waals surface area contributed by atoms with Gasteiger partial charge in [0.25, 0.3) is 0 Å². The molecule has 1 heterocycles. The highest BCUT2D eigenvalue weighted by Gasteiger charge is 1.96. The van der Waals surface area contributed by atoms with Gasteiger partial charge in [-0.05, 0) is 41.5 Å². The Morgan fingerprint density at radius 1 is 1.18 bits per heavy atom. The van der Waals surface area contributed by atoms with Crippen molar-refractivity contribution in [2.45, 2.75) is 53.6 Å². The summed E-state index contributed by atoms with van der Waals surface area (Å²) in [4.78, 5) is 18.4. The van der Waals surface area contributed by atoms with E-state index in [1.165, 1.54) is 13.2 Å². The fraction of sp³-hybridized carbons (Fsp3) is 0.667. The monoisotopic (exact) mass is 330 g/mol. The van der Waals surface area contributed by atoms with Gasteiger partial charge in [0.1, 0.15) is 5.78 Å². The molecule has 3 unspecified atom stereocenters. The van der Waals surface area contributed by atoms with Crippen molar-refractivity contribution >= 4 is 16.6 Å². The maximum Gasteiger partial charge on any atom is 0.142 e. The van der Waals surface area contributed by atoms with Crippen LogP contribution in [0.15, 0.2) is 6.20 Å². The predicted molar refractivity (Wildman–Crippen MR) is 93.2 cm³/mol. The second-order valence-electron chi connectivity index (χ2n) is 5.32. The molecule has 0 aliphatic rings. The number of hydrogen-bond donors (Lipinski definition) is 2. The van der Waals surface area contributed by atoms with Gasteiger partial charge in [-0.2, -0.15) is 0 Å². The molecule has 22 heavy (non-hydrogen) atoms. The lowest BCUT2D eigenvalue weighted by molar-refractivity contribution is -0.114. The standard InChI is InChI=1S/C7H10N2.C4H12N2.C4H8O2S/c1-5-4-8-6(2)7(3)9-5;1-3(5)4(2)6;1-4(5)3-7(2)6/h4H,1-3H3;3-4H,5-6H2,1-2H3;3H2,1-2H3. The molecule has 0 amide bonds. The lowest BCUT2D eigenvalue weighted by atomic mass is 10.2. The lowest BCUT2D eigenvalue weighted by Crippen LogP contribution is -2.35. The molecule has 0 aromatic carbocycles. The third kappa shape index (κ3) is 15.2. The van der Waals surface area contributed by atoms with Crippen LogP contribution in [0.5, 0.6) is 0 Å². The average Bonchev–Trinajstić information content (AvgIpc) is 2.34. The number of carbonyl (C=O) groups is 1. The molecule has 1 aromatic heterocycles. The third-order valence-electron chi connectivity index (χ3n) is 2.55. The molecule has 0 aliphatic heterocycles. The van der Waals surface area contributed by atoms with Crippen LogP contribution < -0.4 is 11.5 Å². The SMILES string of the molecule is CC(=O)CS(C)=O.CC(N)C(C)N.Cc1cnc(C)c(C)n1. The van der Waals surface area contributed by atoms with E-state index in [0.29, 0.717) is 0 Å². The largest absolute Gasteiger partial charge is 0.327 e. The van der Waals surface area contributed by atoms with Crippen molar-refractivity contribution in [1.82, 2.24) is 9.97 Å². The molecule has 7 heteroatoms. The van der Waals surface area contributed by atoms with E-state index >= 15 is 0 Å². The highest BCUT2D eigenvalue weighted by Crippen LogP contribution is 1.98. The van der Waals surface area contributed by atoms with Gasteiger partial charge in [-0.25, -0.2) is 0 Å². The number of rotatable bonds is 3. The van der Waals surface area contributed by atoms with Crippen LogP contribution in [0.25, 0.3) is 0 Å². The number of aryl methyl sites for hydroxylation is 3. The van der Waals surface area contributed by atoms with E-state index < -0.39 is 10.8 Å². The van der Waals surface area contributed by atoms with Crippen LogP contribution in [-0.4, -0.2) is 44.1 Å². The van der Waals surface area contributed by atoms with Gasteiger partial charge < -0.3 is 11.5 Å². The summed E-state index contributed by atoms with van der Waals surface area (Å²) in [5.41, 5.74) is 13.6. The van der Waals surface area contributed by atoms with Crippen molar-refractivity contribution in [2.24, 2.45) is 11.5 Å². The molecule has 0 radical (unpaired) electrons. The van der Waals surface area contributed by atoms with Crippen molar-refractivity contribution in [2.75, 3.05) is 12.0 Å². The molecule has 0 bridgehead atoms. The Hall–Kier alpha value is -1.18. The molecule has 4 N–H and O–H groups in total. The number of carbonyl (C=O) groups excluding carboxylic acids is 1. The zero-order valence-corrected chi connectivity index (χ0v) is 15.5. The van der Waals surface area contributed by atoms with Gasteiger partial charge in [-0.1, -0.05) is 0 Å². The molecular formula is C15H30N4O2S. The summed E-state index contributed by atoms with van der Waals surface area (Å²) >= 11 is 0. The predicted octanol–water partition coefficient (Wildman–Crippen LogP) is 1.04. The van der Waals surface area contributed by atoms with Gasteiger partial charge in [0.15, 0.2) is 0 Å². The van der Waals surface area contributed by atoms with Crippen molar-refractivity contribution in [3.63, 3.8) is 0 Å². The summed E-state index contributed by atoms with van der Waals surface area (Å²) in [6, 6.07) is 0.259. The highest BCUT2D eigenvalue weighted by molar-refractivity contribution is 7.85. The van der Waals surface area contributed by atoms with Crippen molar-refractivity contribution in [3.8, 4) is 0 Å². The first kappa shape index (κ1) is 23.1. The normalized spacial score (nSPS) is 13.7. The molecule has 0 fully saturated rings. The van der Waals surface area contributed by atoms with Crippen LogP contribution >= 0.6 is 0 Å². The number of aromatic nitrogens is 2. The van der Waals surface area contributed by atoms with Crippen LogP contribution in [0, 0.1) is 20.8 Å². The molecule has 0 spiro atoms. The minimum absolute atomic E-state index is 0.0131. The summed E-state index contributed by atoms with van der Waals surface area (Å²) in [6.45, 7) is 11.1. The highest BCUT2D eigenvalue weighted by atomic mass is 32.2. The summed E-state index contributed by atoms with van der Waals surface area (Å²) < 4.78 is 10.1. The first-order valence-electron chi connectivity index (χ1n) is 7.04. The number of ketones is 1. The summed E-state index contributed by atoms with van der Waals surface area (Å²) in [7, 11) is -0.945. The molecular weight excluding hydrogens is 300 g/mol. The Balaban J connectivity index is 0. The van der Waals surface area contributed by atoms with Gasteiger partial charge in [0.2, 0.25) is 0 Å². The van der Waals surface area contributed by atoms with Crippen LogP contribution in [-0.2, 0) is 15.6 Å². The maximum atomic E-state index is 10.1. The van der Waals surface area contributed by atoms with Gasteiger partial charge in [-0.3, -0.25) is 19.0 Å². The maximum absolute atomic E-state index is 10.1.